The second-order valence-electron chi connectivity index (χ2n) is 2.88. The zero-order valence-electron chi connectivity index (χ0n) is 7.48. The number of anilines is 1. The Morgan fingerprint density at radius 2 is 2.21 bits per heavy atom. The van der Waals surface area contributed by atoms with E-state index in [1.165, 1.54) is 10.7 Å². The van der Waals surface area contributed by atoms with E-state index in [2.05, 4.69) is 15.1 Å². The average molecular weight is 210 g/mol. The fraction of sp³-hybridized carbons (Fsp3) is 0.125. The Hall–Kier alpha value is -1.62. The van der Waals surface area contributed by atoms with Crippen LogP contribution in [0.5, 0.6) is 0 Å². The molecule has 2 heterocycles. The van der Waals surface area contributed by atoms with Gasteiger partial charge in [0, 0.05) is 12.3 Å². The Morgan fingerprint density at radius 3 is 2.79 bits per heavy atom. The first-order valence-electron chi connectivity index (χ1n) is 3.97. The molecule has 2 N–H and O–H groups in total. The fourth-order valence-corrected chi connectivity index (χ4v) is 1.23. The number of aromatic nitrogens is 4. The quantitative estimate of drug-likeness (QED) is 0.717. The molecule has 0 unspecified atom stereocenters. The highest BCUT2D eigenvalue weighted by Crippen LogP contribution is 2.11. The van der Waals surface area contributed by atoms with Gasteiger partial charge in [-0.05, 0) is 12.5 Å². The van der Waals surface area contributed by atoms with Gasteiger partial charge >= 0.3 is 0 Å². The normalized spacial score (nSPS) is 10.4. The summed E-state index contributed by atoms with van der Waals surface area (Å²) >= 11 is 5.73. The number of nitrogen functional groups attached to an aromatic ring is 1. The number of nitrogens with two attached hydrogens (primary N) is 1. The fourth-order valence-electron chi connectivity index (χ4n) is 1.05. The van der Waals surface area contributed by atoms with Gasteiger partial charge in [0.15, 0.2) is 0 Å². The largest absolute Gasteiger partial charge is 0.383 e. The lowest BCUT2D eigenvalue weighted by Crippen LogP contribution is -2.04. The van der Waals surface area contributed by atoms with Crippen LogP contribution in [-0.4, -0.2) is 19.7 Å². The summed E-state index contributed by atoms with van der Waals surface area (Å²) < 4.78 is 1.53. The van der Waals surface area contributed by atoms with E-state index in [4.69, 9.17) is 17.3 Å². The van der Waals surface area contributed by atoms with E-state index in [0.717, 1.165) is 5.56 Å². The van der Waals surface area contributed by atoms with Crippen molar-refractivity contribution in [2.75, 3.05) is 5.73 Å². The number of rotatable bonds is 1. The van der Waals surface area contributed by atoms with Gasteiger partial charge in [-0.15, -0.1) is 0 Å². The molecule has 0 aliphatic heterocycles. The zero-order chi connectivity index (χ0) is 10.1. The van der Waals surface area contributed by atoms with Crippen molar-refractivity contribution in [2.45, 2.75) is 6.92 Å². The summed E-state index contributed by atoms with van der Waals surface area (Å²) in [7, 11) is 0. The minimum absolute atomic E-state index is 0.306. The molecule has 2 rings (SSSR count). The van der Waals surface area contributed by atoms with Crippen molar-refractivity contribution in [3.8, 4) is 5.95 Å². The molecule has 0 bridgehead atoms. The molecule has 0 amide bonds. The van der Waals surface area contributed by atoms with Gasteiger partial charge in [0.25, 0.3) is 5.95 Å². The Labute approximate surface area is 85.5 Å². The third kappa shape index (κ3) is 1.67. The monoisotopic (exact) mass is 209 g/mol. The number of aryl methyl sites for hydroxylation is 1. The van der Waals surface area contributed by atoms with Gasteiger partial charge < -0.3 is 5.73 Å². The second kappa shape index (κ2) is 3.26. The van der Waals surface area contributed by atoms with E-state index in [-0.39, 0.29) is 0 Å². The smallest absolute Gasteiger partial charge is 0.253 e. The Kier molecular flexibility index (Phi) is 2.09. The average Bonchev–Trinajstić information content (AvgIpc) is 2.50. The maximum atomic E-state index is 5.73. The Balaban J connectivity index is 2.51. The van der Waals surface area contributed by atoms with Crippen LogP contribution < -0.4 is 5.73 Å². The van der Waals surface area contributed by atoms with Crippen molar-refractivity contribution in [3.05, 3.63) is 29.2 Å². The van der Waals surface area contributed by atoms with Crippen molar-refractivity contribution in [1.29, 1.82) is 0 Å². The molecule has 2 aromatic rings. The second-order valence-corrected chi connectivity index (χ2v) is 3.27. The first kappa shape index (κ1) is 8.96. The first-order valence-corrected chi connectivity index (χ1v) is 4.34. The molecule has 72 valence electrons. The lowest BCUT2D eigenvalue weighted by atomic mass is 10.4. The Bertz CT molecular complexity index is 444. The number of hydrogen-bond acceptors (Lipinski definition) is 4. The number of hydrogen-bond donors (Lipinski definition) is 1. The number of halogens is 1. The van der Waals surface area contributed by atoms with Gasteiger partial charge in [0.2, 0.25) is 0 Å². The molecule has 0 aliphatic carbocycles. The van der Waals surface area contributed by atoms with Crippen LogP contribution in [0.1, 0.15) is 5.56 Å². The van der Waals surface area contributed by atoms with E-state index < -0.39 is 0 Å². The summed E-state index contributed by atoms with van der Waals surface area (Å²) in [5.41, 5.74) is 6.55. The van der Waals surface area contributed by atoms with Gasteiger partial charge in [-0.25, -0.2) is 4.68 Å². The molecule has 14 heavy (non-hydrogen) atoms. The molecule has 0 saturated heterocycles. The Morgan fingerprint density at radius 1 is 1.43 bits per heavy atom. The van der Waals surface area contributed by atoms with Gasteiger partial charge in [0.1, 0.15) is 11.0 Å². The molecule has 0 atom stereocenters. The third-order valence-electron chi connectivity index (χ3n) is 1.62. The molecule has 0 aliphatic rings. The van der Waals surface area contributed by atoms with Crippen LogP contribution >= 0.6 is 11.6 Å². The summed E-state index contributed by atoms with van der Waals surface area (Å²) in [5, 5.41) is 4.35. The van der Waals surface area contributed by atoms with E-state index in [1.54, 1.807) is 12.4 Å². The lowest BCUT2D eigenvalue weighted by molar-refractivity contribution is 0.810. The molecular weight excluding hydrogens is 202 g/mol. The molecule has 0 radical (unpaired) electrons. The predicted octanol–water partition coefficient (Wildman–Crippen LogP) is 1.21. The van der Waals surface area contributed by atoms with Gasteiger partial charge in [0.05, 0.1) is 6.20 Å². The minimum atomic E-state index is 0.306. The lowest BCUT2D eigenvalue weighted by Gasteiger charge is -2.00. The van der Waals surface area contributed by atoms with Crippen LogP contribution in [0.25, 0.3) is 5.95 Å². The van der Waals surface area contributed by atoms with Crippen LogP contribution in [0.15, 0.2) is 18.5 Å². The molecular formula is C8H8ClN5. The molecule has 0 fully saturated rings. The van der Waals surface area contributed by atoms with Crippen LogP contribution in [0, 0.1) is 6.92 Å². The van der Waals surface area contributed by atoms with Crippen molar-refractivity contribution < 1.29 is 0 Å². The standard InChI is InChI=1S/C8H8ClN5/c1-5-3-11-14(4-5)8-12-6(9)2-7(10)13-8/h2-4H,1H3,(H2,10,12,13). The first-order chi connectivity index (χ1) is 6.65. The molecule has 0 spiro atoms. The van der Waals surface area contributed by atoms with E-state index in [9.17, 15) is 0 Å². The zero-order valence-corrected chi connectivity index (χ0v) is 8.23. The van der Waals surface area contributed by atoms with Gasteiger partial charge in [-0.1, -0.05) is 11.6 Å². The highest BCUT2D eigenvalue weighted by molar-refractivity contribution is 6.29. The summed E-state index contributed by atoms with van der Waals surface area (Å²) in [6.45, 7) is 1.93. The predicted molar refractivity (Wildman–Crippen MR) is 53.3 cm³/mol. The van der Waals surface area contributed by atoms with Gasteiger partial charge in [-0.3, -0.25) is 0 Å². The molecule has 5 nitrogen and oxygen atoms in total. The summed E-state index contributed by atoms with van der Waals surface area (Å²) in [5.74, 6) is 0.705. The summed E-state index contributed by atoms with van der Waals surface area (Å²) in [6, 6.07) is 1.49. The van der Waals surface area contributed by atoms with Crippen LogP contribution in [0.3, 0.4) is 0 Å². The van der Waals surface area contributed by atoms with Crippen LogP contribution in [-0.2, 0) is 0 Å². The maximum Gasteiger partial charge on any atom is 0.253 e. The van der Waals surface area contributed by atoms with Crippen molar-refractivity contribution in [1.82, 2.24) is 19.7 Å². The minimum Gasteiger partial charge on any atom is -0.383 e. The summed E-state index contributed by atoms with van der Waals surface area (Å²) in [4.78, 5) is 7.99. The molecule has 6 heteroatoms. The van der Waals surface area contributed by atoms with Gasteiger partial charge in [-0.2, -0.15) is 15.1 Å². The highest BCUT2D eigenvalue weighted by Gasteiger charge is 2.03. The van der Waals surface area contributed by atoms with Crippen molar-refractivity contribution in [2.24, 2.45) is 0 Å². The topological polar surface area (TPSA) is 69.6 Å². The van der Waals surface area contributed by atoms with Crippen LogP contribution in [0.2, 0.25) is 5.15 Å². The van der Waals surface area contributed by atoms with E-state index in [1.807, 2.05) is 6.92 Å². The molecule has 0 saturated carbocycles. The molecule has 2 aromatic heterocycles. The van der Waals surface area contributed by atoms with E-state index >= 15 is 0 Å². The van der Waals surface area contributed by atoms with E-state index in [0.29, 0.717) is 16.9 Å². The number of nitrogens with zero attached hydrogens (tertiary/aromatic N) is 4. The van der Waals surface area contributed by atoms with Crippen LogP contribution in [0.4, 0.5) is 5.82 Å². The highest BCUT2D eigenvalue weighted by atomic mass is 35.5. The molecule has 0 aromatic carbocycles. The van der Waals surface area contributed by atoms with Crippen molar-refractivity contribution in [3.63, 3.8) is 0 Å². The summed E-state index contributed by atoms with van der Waals surface area (Å²) in [6.07, 6.45) is 3.51. The van der Waals surface area contributed by atoms with Crippen molar-refractivity contribution >= 4 is 17.4 Å². The SMILES string of the molecule is Cc1cnn(-c2nc(N)cc(Cl)n2)c1. The maximum absolute atomic E-state index is 5.73. The third-order valence-corrected chi connectivity index (χ3v) is 1.81.